The van der Waals surface area contributed by atoms with Crippen molar-refractivity contribution in [3.8, 4) is 0 Å². The highest BCUT2D eigenvalue weighted by Gasteiger charge is 2.21. The van der Waals surface area contributed by atoms with E-state index in [1.807, 2.05) is 6.07 Å². The lowest BCUT2D eigenvalue weighted by Gasteiger charge is -2.21. The molecule has 3 heteroatoms. The molecule has 0 unspecified atom stereocenters. The van der Waals surface area contributed by atoms with Gasteiger partial charge in [-0.15, -0.1) is 0 Å². The Bertz CT molecular complexity index is 353. The van der Waals surface area contributed by atoms with Crippen molar-refractivity contribution in [1.29, 1.82) is 0 Å². The molecule has 0 amide bonds. The summed E-state index contributed by atoms with van der Waals surface area (Å²) in [4.78, 5) is 2.40. The van der Waals surface area contributed by atoms with E-state index >= 15 is 0 Å². The highest BCUT2D eigenvalue weighted by molar-refractivity contribution is 9.10. The SMILES string of the molecule is C[C@H]1CCCN1Cc1cccc(F)c1Br. The van der Waals surface area contributed by atoms with Gasteiger partial charge in [0.1, 0.15) is 5.82 Å². The third-order valence-electron chi connectivity index (χ3n) is 3.10. The average Bonchev–Trinajstić information content (AvgIpc) is 2.60. The molecular weight excluding hydrogens is 257 g/mol. The maximum absolute atomic E-state index is 13.3. The normalized spacial score (nSPS) is 22.2. The van der Waals surface area contributed by atoms with Gasteiger partial charge in [0.15, 0.2) is 0 Å². The molecule has 15 heavy (non-hydrogen) atoms. The minimum Gasteiger partial charge on any atom is -0.296 e. The highest BCUT2D eigenvalue weighted by Crippen LogP contribution is 2.25. The van der Waals surface area contributed by atoms with Crippen LogP contribution in [0.2, 0.25) is 0 Å². The topological polar surface area (TPSA) is 3.24 Å². The Morgan fingerprint density at radius 1 is 1.53 bits per heavy atom. The first-order valence-corrected chi connectivity index (χ1v) is 6.14. The van der Waals surface area contributed by atoms with E-state index in [0.29, 0.717) is 10.5 Å². The van der Waals surface area contributed by atoms with E-state index in [1.54, 1.807) is 6.07 Å². The molecule has 0 aromatic heterocycles. The van der Waals surface area contributed by atoms with Crippen LogP contribution in [0.25, 0.3) is 0 Å². The molecule has 0 aliphatic carbocycles. The first-order chi connectivity index (χ1) is 7.18. The van der Waals surface area contributed by atoms with E-state index in [9.17, 15) is 4.39 Å². The van der Waals surface area contributed by atoms with Crippen LogP contribution in [0, 0.1) is 5.82 Å². The zero-order valence-corrected chi connectivity index (χ0v) is 10.4. The molecule has 1 nitrogen and oxygen atoms in total. The molecule has 1 saturated heterocycles. The van der Waals surface area contributed by atoms with Crippen LogP contribution in [-0.4, -0.2) is 17.5 Å². The lowest BCUT2D eigenvalue weighted by atomic mass is 10.2. The summed E-state index contributed by atoms with van der Waals surface area (Å²) in [5.41, 5.74) is 1.05. The Hall–Kier alpha value is -0.410. The summed E-state index contributed by atoms with van der Waals surface area (Å²) >= 11 is 3.31. The minimum atomic E-state index is -0.167. The van der Waals surface area contributed by atoms with Crippen molar-refractivity contribution in [2.24, 2.45) is 0 Å². The number of hydrogen-bond donors (Lipinski definition) is 0. The van der Waals surface area contributed by atoms with Crippen molar-refractivity contribution in [3.63, 3.8) is 0 Å². The largest absolute Gasteiger partial charge is 0.296 e. The third kappa shape index (κ3) is 2.40. The predicted octanol–water partition coefficient (Wildman–Crippen LogP) is 3.57. The average molecular weight is 272 g/mol. The van der Waals surface area contributed by atoms with E-state index in [0.717, 1.165) is 18.7 Å². The summed E-state index contributed by atoms with van der Waals surface area (Å²) in [5, 5.41) is 0. The summed E-state index contributed by atoms with van der Waals surface area (Å²) in [6.07, 6.45) is 2.51. The van der Waals surface area contributed by atoms with Gasteiger partial charge in [-0.05, 0) is 53.9 Å². The third-order valence-corrected chi connectivity index (χ3v) is 3.98. The van der Waals surface area contributed by atoms with Gasteiger partial charge in [-0.1, -0.05) is 12.1 Å². The Morgan fingerprint density at radius 3 is 3.00 bits per heavy atom. The van der Waals surface area contributed by atoms with Gasteiger partial charge in [0.05, 0.1) is 4.47 Å². The summed E-state index contributed by atoms with van der Waals surface area (Å²) < 4.78 is 13.9. The van der Waals surface area contributed by atoms with Crippen LogP contribution < -0.4 is 0 Å². The van der Waals surface area contributed by atoms with E-state index in [4.69, 9.17) is 0 Å². The molecule has 0 radical (unpaired) electrons. The van der Waals surface area contributed by atoms with Crippen LogP contribution in [0.15, 0.2) is 22.7 Å². The number of benzene rings is 1. The number of hydrogen-bond acceptors (Lipinski definition) is 1. The van der Waals surface area contributed by atoms with Gasteiger partial charge in [-0.2, -0.15) is 0 Å². The van der Waals surface area contributed by atoms with Crippen molar-refractivity contribution in [3.05, 3.63) is 34.1 Å². The van der Waals surface area contributed by atoms with E-state index in [-0.39, 0.29) is 5.82 Å². The molecule has 82 valence electrons. The van der Waals surface area contributed by atoms with E-state index in [2.05, 4.69) is 27.8 Å². The molecule has 1 atom stereocenters. The molecule has 1 heterocycles. The fraction of sp³-hybridized carbons (Fsp3) is 0.500. The minimum absolute atomic E-state index is 0.167. The van der Waals surface area contributed by atoms with Crippen molar-refractivity contribution in [2.45, 2.75) is 32.4 Å². The summed E-state index contributed by atoms with van der Waals surface area (Å²) in [6.45, 7) is 4.21. The van der Waals surface area contributed by atoms with Crippen LogP contribution in [0.4, 0.5) is 4.39 Å². The van der Waals surface area contributed by atoms with Crippen LogP contribution in [0.3, 0.4) is 0 Å². The van der Waals surface area contributed by atoms with Crippen molar-refractivity contribution in [2.75, 3.05) is 6.54 Å². The van der Waals surface area contributed by atoms with Gasteiger partial charge in [-0.25, -0.2) is 4.39 Å². The van der Waals surface area contributed by atoms with Crippen LogP contribution in [-0.2, 0) is 6.54 Å². The molecule has 0 spiro atoms. The van der Waals surface area contributed by atoms with Gasteiger partial charge >= 0.3 is 0 Å². The van der Waals surface area contributed by atoms with Gasteiger partial charge in [-0.3, -0.25) is 4.90 Å². The first-order valence-electron chi connectivity index (χ1n) is 5.35. The zero-order chi connectivity index (χ0) is 10.8. The van der Waals surface area contributed by atoms with Gasteiger partial charge in [0, 0.05) is 12.6 Å². The van der Waals surface area contributed by atoms with Crippen molar-refractivity contribution < 1.29 is 4.39 Å². The lowest BCUT2D eigenvalue weighted by Crippen LogP contribution is -2.26. The Morgan fingerprint density at radius 2 is 2.33 bits per heavy atom. The van der Waals surface area contributed by atoms with Crippen molar-refractivity contribution >= 4 is 15.9 Å². The standard InChI is InChI=1S/C12H15BrFN/c1-9-4-3-7-15(9)8-10-5-2-6-11(14)12(10)13/h2,5-6,9H,3-4,7-8H2,1H3/t9-/m0/s1. The zero-order valence-electron chi connectivity index (χ0n) is 8.84. The predicted molar refractivity (Wildman–Crippen MR) is 63.2 cm³/mol. The van der Waals surface area contributed by atoms with Gasteiger partial charge in [0.25, 0.3) is 0 Å². The van der Waals surface area contributed by atoms with E-state index < -0.39 is 0 Å². The molecule has 0 N–H and O–H groups in total. The summed E-state index contributed by atoms with van der Waals surface area (Å²) in [7, 11) is 0. The Labute approximate surface area is 98.4 Å². The molecule has 1 aromatic rings. The molecule has 0 bridgehead atoms. The molecule has 0 saturated carbocycles. The number of nitrogens with zero attached hydrogens (tertiary/aromatic N) is 1. The molecule has 2 rings (SSSR count). The number of likely N-dealkylation sites (tertiary alicyclic amines) is 1. The Balaban J connectivity index is 2.13. The smallest absolute Gasteiger partial charge is 0.137 e. The molecular formula is C12H15BrFN. The monoisotopic (exact) mass is 271 g/mol. The fourth-order valence-electron chi connectivity index (χ4n) is 2.12. The van der Waals surface area contributed by atoms with Crippen LogP contribution >= 0.6 is 15.9 Å². The molecule has 1 aliphatic heterocycles. The fourth-order valence-corrected chi connectivity index (χ4v) is 2.51. The maximum atomic E-state index is 13.3. The van der Waals surface area contributed by atoms with Gasteiger partial charge in [0.2, 0.25) is 0 Å². The summed E-state index contributed by atoms with van der Waals surface area (Å²) in [5.74, 6) is -0.167. The Kier molecular flexibility index (Phi) is 3.42. The molecule has 1 fully saturated rings. The second-order valence-corrected chi connectivity index (χ2v) is 4.97. The number of rotatable bonds is 2. The van der Waals surface area contributed by atoms with E-state index in [1.165, 1.54) is 18.9 Å². The molecule has 1 aliphatic rings. The number of halogens is 2. The van der Waals surface area contributed by atoms with Crippen LogP contribution in [0.1, 0.15) is 25.3 Å². The highest BCUT2D eigenvalue weighted by atomic mass is 79.9. The summed E-state index contributed by atoms with van der Waals surface area (Å²) in [6, 6.07) is 5.87. The lowest BCUT2D eigenvalue weighted by molar-refractivity contribution is 0.259. The molecule has 1 aromatic carbocycles. The van der Waals surface area contributed by atoms with Crippen molar-refractivity contribution in [1.82, 2.24) is 4.90 Å². The maximum Gasteiger partial charge on any atom is 0.137 e. The van der Waals surface area contributed by atoms with Crippen LogP contribution in [0.5, 0.6) is 0 Å². The first kappa shape index (κ1) is 11.1. The quantitative estimate of drug-likeness (QED) is 0.795. The van der Waals surface area contributed by atoms with Gasteiger partial charge < -0.3 is 0 Å². The second kappa shape index (κ2) is 4.62. The second-order valence-electron chi connectivity index (χ2n) is 4.17.